The molecule has 0 aliphatic rings. The molecule has 2 aromatic carbocycles. The van der Waals surface area contributed by atoms with Crippen molar-refractivity contribution in [3.8, 4) is 5.75 Å². The number of rotatable bonds is 7. The molecule has 1 amide bonds. The van der Waals surface area contributed by atoms with Crippen LogP contribution in [0.15, 0.2) is 46.9 Å². The van der Waals surface area contributed by atoms with Crippen molar-refractivity contribution in [1.29, 1.82) is 0 Å². The number of methoxy groups -OCH3 is 1. The maximum absolute atomic E-state index is 12.2. The second-order valence-electron chi connectivity index (χ2n) is 5.38. The normalized spacial score (nSPS) is 11.1. The molecule has 0 aliphatic heterocycles. The third-order valence-corrected chi connectivity index (χ3v) is 4.12. The molecule has 0 saturated heterocycles. The molecule has 0 heterocycles. The monoisotopic (exact) mass is 405 g/mol. The third kappa shape index (κ3) is 5.42. The van der Waals surface area contributed by atoms with Gasteiger partial charge in [0.2, 0.25) is 0 Å². The summed E-state index contributed by atoms with van der Waals surface area (Å²) in [6.07, 6.45) is 3.80. The van der Waals surface area contributed by atoms with Gasteiger partial charge in [-0.2, -0.15) is 0 Å². The number of nitrogens with one attached hydrogen (secondary N) is 1. The minimum absolute atomic E-state index is 0.325. The summed E-state index contributed by atoms with van der Waals surface area (Å²) in [7, 11) is 1.57. The molecule has 0 aromatic heterocycles. The average Bonchev–Trinajstić information content (AvgIpc) is 2.65. The molecule has 0 fully saturated rings. The fourth-order valence-corrected chi connectivity index (χ4v) is 2.45. The number of amides is 1. The van der Waals surface area contributed by atoms with E-state index in [9.17, 15) is 4.79 Å². The van der Waals surface area contributed by atoms with E-state index < -0.39 is 6.04 Å². The molecule has 0 bridgehead atoms. The molecule has 0 spiro atoms. The van der Waals surface area contributed by atoms with Gasteiger partial charge in [0, 0.05) is 15.6 Å². The van der Waals surface area contributed by atoms with E-state index in [4.69, 9.17) is 14.9 Å². The van der Waals surface area contributed by atoms with Crippen LogP contribution >= 0.6 is 15.9 Å². The molecule has 0 unspecified atom stereocenters. The Morgan fingerprint density at radius 1 is 1.16 bits per heavy atom. The van der Waals surface area contributed by atoms with Gasteiger partial charge in [-0.3, -0.25) is 4.79 Å². The highest BCUT2D eigenvalue weighted by Gasteiger charge is 2.13. The first-order valence-electron chi connectivity index (χ1n) is 7.71. The topological polar surface area (TPSA) is 78.8 Å². The lowest BCUT2D eigenvalue weighted by Gasteiger charge is -2.14. The highest BCUT2D eigenvalue weighted by atomic mass is 79.9. The summed E-state index contributed by atoms with van der Waals surface area (Å²) in [5.74, 6) is 0.278. The number of ether oxygens (including phenoxy) is 1. The zero-order chi connectivity index (χ0) is 18.2. The van der Waals surface area contributed by atoms with Crippen molar-refractivity contribution in [3.63, 3.8) is 0 Å². The SMILES string of the molecule is COc1ccc(C(=O)NC(CO)CO)cc1/C=C/c1ccc(Br)cc1. The van der Waals surface area contributed by atoms with Crippen LogP contribution in [0.1, 0.15) is 21.5 Å². The van der Waals surface area contributed by atoms with Crippen molar-refractivity contribution in [2.24, 2.45) is 0 Å². The predicted octanol–water partition coefficient (Wildman–Crippen LogP) is 2.71. The van der Waals surface area contributed by atoms with Crippen molar-refractivity contribution < 1.29 is 19.7 Å². The second-order valence-corrected chi connectivity index (χ2v) is 6.29. The van der Waals surface area contributed by atoms with E-state index in [0.29, 0.717) is 11.3 Å². The lowest BCUT2D eigenvalue weighted by atomic mass is 10.1. The van der Waals surface area contributed by atoms with Crippen molar-refractivity contribution in [3.05, 3.63) is 63.6 Å². The fraction of sp³-hybridized carbons (Fsp3) is 0.211. The first kappa shape index (κ1) is 19.2. The lowest BCUT2D eigenvalue weighted by molar-refractivity contribution is 0.0879. The molecular formula is C19H20BrNO4. The van der Waals surface area contributed by atoms with Gasteiger partial charge >= 0.3 is 0 Å². The molecule has 2 rings (SSSR count). The number of aliphatic hydroxyl groups excluding tert-OH is 2. The fourth-order valence-electron chi connectivity index (χ4n) is 2.18. The van der Waals surface area contributed by atoms with Crippen molar-refractivity contribution in [2.75, 3.05) is 20.3 Å². The first-order valence-corrected chi connectivity index (χ1v) is 8.51. The minimum Gasteiger partial charge on any atom is -0.496 e. The first-order chi connectivity index (χ1) is 12.1. The average molecular weight is 406 g/mol. The summed E-state index contributed by atoms with van der Waals surface area (Å²) < 4.78 is 6.34. The predicted molar refractivity (Wildman–Crippen MR) is 101 cm³/mol. The Kier molecular flexibility index (Phi) is 7.18. The van der Waals surface area contributed by atoms with Gasteiger partial charge in [0.1, 0.15) is 5.75 Å². The molecule has 0 aliphatic carbocycles. The Morgan fingerprint density at radius 3 is 2.44 bits per heavy atom. The van der Waals surface area contributed by atoms with Gasteiger partial charge < -0.3 is 20.3 Å². The molecule has 6 heteroatoms. The maximum Gasteiger partial charge on any atom is 0.251 e. The summed E-state index contributed by atoms with van der Waals surface area (Å²) in [4.78, 5) is 12.2. The largest absolute Gasteiger partial charge is 0.496 e. The number of hydrogen-bond donors (Lipinski definition) is 3. The quantitative estimate of drug-likeness (QED) is 0.618. The molecule has 3 N–H and O–H groups in total. The maximum atomic E-state index is 12.2. The van der Waals surface area contributed by atoms with Crippen LogP contribution in [0, 0.1) is 0 Å². The smallest absolute Gasteiger partial charge is 0.251 e. The molecular weight excluding hydrogens is 386 g/mol. The standard InChI is InChI=1S/C19H20BrNO4/c1-25-18-9-6-15(19(24)21-17(11-22)12-23)10-14(18)5-2-13-3-7-16(20)8-4-13/h2-10,17,22-23H,11-12H2,1H3,(H,21,24)/b5-2+. The van der Waals surface area contributed by atoms with Gasteiger partial charge in [-0.25, -0.2) is 0 Å². The van der Waals surface area contributed by atoms with E-state index in [0.717, 1.165) is 15.6 Å². The van der Waals surface area contributed by atoms with E-state index >= 15 is 0 Å². The zero-order valence-corrected chi connectivity index (χ0v) is 15.4. The van der Waals surface area contributed by atoms with Gasteiger partial charge in [0.15, 0.2) is 0 Å². The number of hydrogen-bond acceptors (Lipinski definition) is 4. The van der Waals surface area contributed by atoms with Crippen molar-refractivity contribution in [2.45, 2.75) is 6.04 Å². The van der Waals surface area contributed by atoms with Crippen LogP contribution in [-0.4, -0.2) is 42.5 Å². The van der Waals surface area contributed by atoms with E-state index in [2.05, 4.69) is 21.2 Å². The Morgan fingerprint density at radius 2 is 1.84 bits per heavy atom. The Bertz CT molecular complexity index is 740. The van der Waals surface area contributed by atoms with Crippen LogP contribution in [-0.2, 0) is 0 Å². The van der Waals surface area contributed by atoms with Crippen LogP contribution in [0.5, 0.6) is 5.75 Å². The molecule has 2 aromatic rings. The van der Waals surface area contributed by atoms with Crippen LogP contribution in [0.3, 0.4) is 0 Å². The lowest BCUT2D eigenvalue weighted by Crippen LogP contribution is -2.40. The molecule has 132 valence electrons. The molecule has 0 radical (unpaired) electrons. The van der Waals surface area contributed by atoms with E-state index in [1.165, 1.54) is 0 Å². The van der Waals surface area contributed by atoms with Crippen LogP contribution in [0.2, 0.25) is 0 Å². The Balaban J connectivity index is 2.24. The summed E-state index contributed by atoms with van der Waals surface area (Å²) in [5, 5.41) is 20.7. The van der Waals surface area contributed by atoms with Crippen LogP contribution in [0.4, 0.5) is 0 Å². The number of carbonyl (C=O) groups is 1. The van der Waals surface area contributed by atoms with Crippen LogP contribution < -0.4 is 10.1 Å². The second kappa shape index (κ2) is 9.36. The van der Waals surface area contributed by atoms with Crippen molar-refractivity contribution >= 4 is 34.0 Å². The van der Waals surface area contributed by atoms with Gasteiger partial charge in [0.05, 0.1) is 26.4 Å². The van der Waals surface area contributed by atoms with Gasteiger partial charge in [-0.05, 0) is 35.9 Å². The van der Waals surface area contributed by atoms with Crippen LogP contribution in [0.25, 0.3) is 12.2 Å². The molecule has 5 nitrogen and oxygen atoms in total. The number of benzene rings is 2. The summed E-state index contributed by atoms with van der Waals surface area (Å²) >= 11 is 3.40. The minimum atomic E-state index is -0.684. The van der Waals surface area contributed by atoms with E-state index in [-0.39, 0.29) is 19.1 Å². The third-order valence-electron chi connectivity index (χ3n) is 3.59. The van der Waals surface area contributed by atoms with Gasteiger partial charge in [-0.1, -0.05) is 40.2 Å². The number of aliphatic hydroxyl groups is 2. The van der Waals surface area contributed by atoms with E-state index in [1.807, 2.05) is 36.4 Å². The zero-order valence-electron chi connectivity index (χ0n) is 13.8. The van der Waals surface area contributed by atoms with Gasteiger partial charge in [0.25, 0.3) is 5.91 Å². The highest BCUT2D eigenvalue weighted by Crippen LogP contribution is 2.23. The summed E-state index contributed by atoms with van der Waals surface area (Å²) in [6, 6.07) is 12.2. The van der Waals surface area contributed by atoms with E-state index in [1.54, 1.807) is 25.3 Å². The molecule has 25 heavy (non-hydrogen) atoms. The van der Waals surface area contributed by atoms with Gasteiger partial charge in [-0.15, -0.1) is 0 Å². The Labute approximate surface area is 155 Å². The summed E-state index contributed by atoms with van der Waals surface area (Å²) in [5.41, 5.74) is 2.19. The number of halogens is 1. The van der Waals surface area contributed by atoms with Crippen molar-refractivity contribution in [1.82, 2.24) is 5.32 Å². The number of carbonyl (C=O) groups excluding carboxylic acids is 1. The summed E-state index contributed by atoms with van der Waals surface area (Å²) in [6.45, 7) is -0.649. The molecule has 0 atom stereocenters. The Hall–Kier alpha value is -2.15. The highest BCUT2D eigenvalue weighted by molar-refractivity contribution is 9.10. The molecule has 0 saturated carbocycles.